The van der Waals surface area contributed by atoms with E-state index in [4.69, 9.17) is 10.7 Å². The molecule has 0 aromatic carbocycles. The van der Waals surface area contributed by atoms with Gasteiger partial charge in [-0.1, -0.05) is 0 Å². The number of alkyl halides is 2. The van der Waals surface area contributed by atoms with Crippen LogP contribution in [0.1, 0.15) is 12.0 Å². The van der Waals surface area contributed by atoms with Crippen molar-refractivity contribution in [1.82, 2.24) is 4.98 Å². The molecule has 0 saturated carbocycles. The molecule has 5 nitrogen and oxygen atoms in total. The summed E-state index contributed by atoms with van der Waals surface area (Å²) >= 11 is 0. The summed E-state index contributed by atoms with van der Waals surface area (Å²) < 4.78 is 51.1. The molecule has 1 aromatic rings. The third-order valence-electron chi connectivity index (χ3n) is 1.67. The summed E-state index contributed by atoms with van der Waals surface area (Å²) in [6.07, 6.45) is -2.38. The van der Waals surface area contributed by atoms with Gasteiger partial charge in [0.2, 0.25) is 5.03 Å². The highest BCUT2D eigenvalue weighted by Gasteiger charge is 2.26. The van der Waals surface area contributed by atoms with Gasteiger partial charge in [0, 0.05) is 16.9 Å². The fourth-order valence-corrected chi connectivity index (χ4v) is 1.87. The van der Waals surface area contributed by atoms with E-state index in [1.54, 1.807) is 0 Å². The first-order chi connectivity index (χ1) is 7.29. The normalized spacial score (nSPS) is 11.8. The molecule has 0 aliphatic heterocycles. The molecule has 1 aromatic heterocycles. The van der Waals surface area contributed by atoms with Crippen molar-refractivity contribution >= 4 is 19.7 Å². The molecule has 0 radical (unpaired) electrons. The molecule has 0 atom stereocenters. The van der Waals surface area contributed by atoms with Crippen molar-refractivity contribution in [2.45, 2.75) is 11.5 Å². The van der Waals surface area contributed by atoms with Crippen LogP contribution in [0.2, 0.25) is 0 Å². The summed E-state index contributed by atoms with van der Waals surface area (Å²) in [6, 6.07) is 0. The number of aromatic hydroxyl groups is 1. The van der Waals surface area contributed by atoms with Crippen LogP contribution in [0, 0.1) is 0 Å². The van der Waals surface area contributed by atoms with Crippen LogP contribution in [0.3, 0.4) is 0 Å². The number of rotatable bonds is 3. The van der Waals surface area contributed by atoms with Gasteiger partial charge in [-0.15, -0.1) is 0 Å². The lowest BCUT2D eigenvalue weighted by Gasteiger charge is -2.10. The Balaban J connectivity index is 3.53. The van der Waals surface area contributed by atoms with Crippen LogP contribution < -0.4 is 4.74 Å². The van der Waals surface area contributed by atoms with E-state index in [1.165, 1.54) is 0 Å². The molecule has 90 valence electrons. The number of nitrogens with zero attached hydrogens (tertiary/aromatic N) is 1. The molecule has 0 amide bonds. The molecule has 16 heavy (non-hydrogen) atoms. The van der Waals surface area contributed by atoms with Crippen molar-refractivity contribution in [1.29, 1.82) is 0 Å². The maximum absolute atomic E-state index is 12.4. The molecule has 0 bridgehead atoms. The molecule has 0 saturated heterocycles. The number of pyridine rings is 1. The first kappa shape index (κ1) is 12.9. The third-order valence-corrected chi connectivity index (χ3v) is 2.87. The fourth-order valence-electron chi connectivity index (χ4n) is 1.03. The van der Waals surface area contributed by atoms with E-state index in [0.29, 0.717) is 6.20 Å². The largest absolute Gasteiger partial charge is 0.502 e. The molecule has 0 spiro atoms. The number of hydrogen-bond acceptors (Lipinski definition) is 5. The Labute approximate surface area is 94.1 Å². The number of ether oxygens (including phenoxy) is 1. The van der Waals surface area contributed by atoms with Gasteiger partial charge in [0.1, 0.15) is 0 Å². The number of methoxy groups -OCH3 is 1. The first-order valence-electron chi connectivity index (χ1n) is 3.77. The molecule has 0 aliphatic rings. The van der Waals surface area contributed by atoms with Gasteiger partial charge in [-0.2, -0.15) is 0 Å². The average molecular weight is 274 g/mol. The molecule has 1 N–H and O–H groups in total. The summed E-state index contributed by atoms with van der Waals surface area (Å²) in [5.74, 6) is -1.69. The standard InChI is InChI=1S/C7H6ClF2NO4S/c1-15-5-3(6(9)10)2-11-7(4(5)12)16(8,13)14/h2,6,12H,1H3. The molecule has 1 heterocycles. The summed E-state index contributed by atoms with van der Waals surface area (Å²) in [7, 11) is 1.61. The van der Waals surface area contributed by atoms with Crippen molar-refractivity contribution in [2.75, 3.05) is 7.11 Å². The summed E-state index contributed by atoms with van der Waals surface area (Å²) in [5.41, 5.74) is -0.718. The van der Waals surface area contributed by atoms with Crippen molar-refractivity contribution in [3.63, 3.8) is 0 Å². The van der Waals surface area contributed by atoms with Gasteiger partial charge >= 0.3 is 0 Å². The van der Waals surface area contributed by atoms with Crippen LogP contribution in [-0.2, 0) is 9.05 Å². The Morgan fingerprint density at radius 2 is 2.12 bits per heavy atom. The second-order valence-electron chi connectivity index (χ2n) is 2.64. The molecule has 0 fully saturated rings. The highest BCUT2D eigenvalue weighted by atomic mass is 35.7. The van der Waals surface area contributed by atoms with Crippen LogP contribution in [0.5, 0.6) is 11.5 Å². The van der Waals surface area contributed by atoms with Crippen LogP contribution >= 0.6 is 10.7 Å². The fraction of sp³-hybridized carbons (Fsp3) is 0.286. The Hall–Kier alpha value is -1.15. The van der Waals surface area contributed by atoms with Gasteiger partial charge in [-0.25, -0.2) is 22.2 Å². The molecule has 0 unspecified atom stereocenters. The minimum Gasteiger partial charge on any atom is -0.502 e. The zero-order valence-electron chi connectivity index (χ0n) is 7.82. The third kappa shape index (κ3) is 2.33. The summed E-state index contributed by atoms with van der Waals surface area (Å²) in [6.45, 7) is 0. The lowest BCUT2D eigenvalue weighted by Crippen LogP contribution is -2.01. The maximum atomic E-state index is 12.4. The predicted molar refractivity (Wildman–Crippen MR) is 50.4 cm³/mol. The van der Waals surface area contributed by atoms with Crippen LogP contribution in [0.25, 0.3) is 0 Å². The molecular weight excluding hydrogens is 268 g/mol. The van der Waals surface area contributed by atoms with E-state index in [2.05, 4.69) is 9.72 Å². The smallest absolute Gasteiger partial charge is 0.282 e. The topological polar surface area (TPSA) is 76.5 Å². The van der Waals surface area contributed by atoms with Crippen molar-refractivity contribution in [2.24, 2.45) is 0 Å². The second kappa shape index (κ2) is 4.38. The maximum Gasteiger partial charge on any atom is 0.282 e. The number of aromatic nitrogens is 1. The van der Waals surface area contributed by atoms with Crippen molar-refractivity contribution < 1.29 is 27.0 Å². The van der Waals surface area contributed by atoms with Crippen LogP contribution in [0.4, 0.5) is 8.78 Å². The lowest BCUT2D eigenvalue weighted by molar-refractivity contribution is 0.145. The first-order valence-corrected chi connectivity index (χ1v) is 6.08. The lowest BCUT2D eigenvalue weighted by atomic mass is 10.2. The van der Waals surface area contributed by atoms with Gasteiger partial charge < -0.3 is 9.84 Å². The van der Waals surface area contributed by atoms with Gasteiger partial charge in [0.25, 0.3) is 15.5 Å². The minimum atomic E-state index is -4.32. The zero-order chi connectivity index (χ0) is 12.5. The Bertz CT molecular complexity index is 505. The summed E-state index contributed by atoms with van der Waals surface area (Å²) in [5, 5.41) is 8.45. The SMILES string of the molecule is COc1c(C(F)F)cnc(S(=O)(=O)Cl)c1O. The molecule has 1 rings (SSSR count). The van der Waals surface area contributed by atoms with E-state index < -0.39 is 37.6 Å². The molecular formula is C7H6ClF2NO4S. The van der Waals surface area contributed by atoms with E-state index in [-0.39, 0.29) is 0 Å². The summed E-state index contributed by atoms with van der Waals surface area (Å²) in [4.78, 5) is 3.15. The van der Waals surface area contributed by atoms with Crippen molar-refractivity contribution in [3.8, 4) is 11.5 Å². The minimum absolute atomic E-state index is 0.582. The average Bonchev–Trinajstić information content (AvgIpc) is 2.14. The van der Waals surface area contributed by atoms with Crippen LogP contribution in [0.15, 0.2) is 11.2 Å². The van der Waals surface area contributed by atoms with E-state index in [9.17, 15) is 22.3 Å². The molecule has 0 aliphatic carbocycles. The highest BCUT2D eigenvalue weighted by Crippen LogP contribution is 2.39. The Morgan fingerprint density at radius 1 is 1.56 bits per heavy atom. The van der Waals surface area contributed by atoms with Gasteiger partial charge in [0.05, 0.1) is 12.7 Å². The zero-order valence-corrected chi connectivity index (χ0v) is 9.39. The van der Waals surface area contributed by atoms with Crippen LogP contribution in [-0.4, -0.2) is 25.6 Å². The second-order valence-corrected chi connectivity index (χ2v) is 5.12. The monoisotopic (exact) mass is 273 g/mol. The molecule has 9 heteroatoms. The Kier molecular flexibility index (Phi) is 3.54. The number of halogens is 3. The van der Waals surface area contributed by atoms with E-state index in [0.717, 1.165) is 7.11 Å². The van der Waals surface area contributed by atoms with E-state index >= 15 is 0 Å². The van der Waals surface area contributed by atoms with Gasteiger partial charge in [0.15, 0.2) is 11.5 Å². The quantitative estimate of drug-likeness (QED) is 0.848. The van der Waals surface area contributed by atoms with Gasteiger partial charge in [-0.05, 0) is 0 Å². The predicted octanol–water partition coefficient (Wildman–Crippen LogP) is 1.66. The van der Waals surface area contributed by atoms with Crippen molar-refractivity contribution in [3.05, 3.63) is 11.8 Å². The number of hydrogen-bond donors (Lipinski definition) is 1. The van der Waals surface area contributed by atoms with E-state index in [1.807, 2.05) is 0 Å². The van der Waals surface area contributed by atoms with Gasteiger partial charge in [-0.3, -0.25) is 0 Å². The Morgan fingerprint density at radius 3 is 2.50 bits per heavy atom. The highest BCUT2D eigenvalue weighted by molar-refractivity contribution is 8.13.